The van der Waals surface area contributed by atoms with Crippen LogP contribution in [0.2, 0.25) is 0 Å². The van der Waals surface area contributed by atoms with Gasteiger partial charge in [0.1, 0.15) is 11.5 Å². The Balaban J connectivity index is 2.02. The van der Waals surface area contributed by atoms with Crippen LogP contribution >= 0.6 is 11.8 Å². The van der Waals surface area contributed by atoms with Crippen molar-refractivity contribution in [3.8, 4) is 11.5 Å². The number of aliphatic imine (C=N–C) groups is 1. The number of hydrogen-bond acceptors (Lipinski definition) is 9. The first-order valence-corrected chi connectivity index (χ1v) is 11.3. The van der Waals surface area contributed by atoms with Crippen molar-refractivity contribution in [3.05, 3.63) is 46.1 Å². The molecule has 3 rings (SSSR count). The van der Waals surface area contributed by atoms with Gasteiger partial charge in [-0.15, -0.1) is 0 Å². The topological polar surface area (TPSA) is 92.7 Å². The van der Waals surface area contributed by atoms with E-state index in [0.29, 0.717) is 40.0 Å². The molecule has 0 radical (unpaired) electrons. The van der Waals surface area contributed by atoms with E-state index in [1.807, 2.05) is 35.4 Å². The molecule has 0 bridgehead atoms. The summed E-state index contributed by atoms with van der Waals surface area (Å²) in [7, 11) is 8.40. The van der Waals surface area contributed by atoms with Crippen LogP contribution in [-0.2, 0) is 14.3 Å². The predicted molar refractivity (Wildman–Crippen MR) is 128 cm³/mol. The minimum absolute atomic E-state index is 0.104. The average molecular weight is 475 g/mol. The highest BCUT2D eigenvalue weighted by Gasteiger charge is 2.42. The number of nitrogens with zero attached hydrogens (tertiary/aromatic N) is 3. The van der Waals surface area contributed by atoms with Gasteiger partial charge in [-0.05, 0) is 44.6 Å². The van der Waals surface area contributed by atoms with Gasteiger partial charge in [0, 0.05) is 24.4 Å². The third-order valence-corrected chi connectivity index (χ3v) is 6.25. The number of benzene rings is 1. The van der Waals surface area contributed by atoms with Crippen molar-refractivity contribution in [2.45, 2.75) is 19.4 Å². The Hall–Kier alpha value is -2.98. The standard InChI is InChI=1S/C23H30N4O5S/c1-14-20(22(29)32-6)21(17-12-16(30-4)7-8-18(17)31-5)27-15(13-33-23(27)25-14)11-19(28)24-9-10-26(2)3/h7-8,12-13,21H,9-11H2,1-6H3,(H,24,28). The summed E-state index contributed by atoms with van der Waals surface area (Å²) < 4.78 is 16.2. The van der Waals surface area contributed by atoms with Gasteiger partial charge < -0.3 is 29.3 Å². The number of allylic oxidation sites excluding steroid dienone is 1. The molecule has 0 aliphatic carbocycles. The smallest absolute Gasteiger partial charge is 0.338 e. The predicted octanol–water partition coefficient (Wildman–Crippen LogP) is 2.52. The third-order valence-electron chi connectivity index (χ3n) is 5.36. The van der Waals surface area contributed by atoms with E-state index in [0.717, 1.165) is 12.2 Å². The van der Waals surface area contributed by atoms with Crippen molar-refractivity contribution >= 4 is 28.8 Å². The number of hydrogen-bond donors (Lipinski definition) is 1. The number of esters is 1. The monoisotopic (exact) mass is 474 g/mol. The minimum atomic E-state index is -0.592. The highest BCUT2D eigenvalue weighted by atomic mass is 32.2. The number of methoxy groups -OCH3 is 3. The molecule has 178 valence electrons. The molecule has 2 heterocycles. The summed E-state index contributed by atoms with van der Waals surface area (Å²) in [6.07, 6.45) is 0.149. The Bertz CT molecular complexity index is 1020. The second kappa shape index (κ2) is 10.8. The summed E-state index contributed by atoms with van der Waals surface area (Å²) in [5, 5.41) is 5.53. The lowest BCUT2D eigenvalue weighted by Crippen LogP contribution is -2.38. The number of likely N-dealkylation sites (N-methyl/N-ethyl adjacent to an activating group) is 1. The fourth-order valence-corrected chi connectivity index (χ4v) is 4.70. The lowest BCUT2D eigenvalue weighted by Gasteiger charge is -2.36. The van der Waals surface area contributed by atoms with Gasteiger partial charge in [-0.2, -0.15) is 0 Å². The highest BCUT2D eigenvalue weighted by molar-refractivity contribution is 8.16. The largest absolute Gasteiger partial charge is 0.497 e. The first kappa shape index (κ1) is 24.7. The molecule has 2 aliphatic rings. The summed E-state index contributed by atoms with van der Waals surface area (Å²) in [6.45, 7) is 3.07. The van der Waals surface area contributed by atoms with E-state index in [4.69, 9.17) is 14.2 Å². The quantitative estimate of drug-likeness (QED) is 0.546. The van der Waals surface area contributed by atoms with Crippen LogP contribution in [0, 0.1) is 0 Å². The summed E-state index contributed by atoms with van der Waals surface area (Å²) in [5.74, 6) is 0.613. The lowest BCUT2D eigenvalue weighted by molar-refractivity contribution is -0.136. The highest BCUT2D eigenvalue weighted by Crippen LogP contribution is 2.47. The van der Waals surface area contributed by atoms with Crippen LogP contribution in [0.1, 0.15) is 24.9 Å². The Morgan fingerprint density at radius 3 is 2.61 bits per heavy atom. The number of nitrogens with one attached hydrogen (secondary N) is 1. The summed E-state index contributed by atoms with van der Waals surface area (Å²) >= 11 is 1.42. The maximum atomic E-state index is 12.9. The van der Waals surface area contributed by atoms with E-state index in [9.17, 15) is 9.59 Å². The number of amidine groups is 1. The third kappa shape index (κ3) is 5.33. The zero-order chi connectivity index (χ0) is 24.1. The van der Waals surface area contributed by atoms with E-state index in [2.05, 4.69) is 10.3 Å². The minimum Gasteiger partial charge on any atom is -0.497 e. The molecular formula is C23H30N4O5S. The lowest BCUT2D eigenvalue weighted by atomic mass is 9.93. The molecule has 33 heavy (non-hydrogen) atoms. The molecule has 0 spiro atoms. The fourth-order valence-electron chi connectivity index (χ4n) is 3.73. The number of thioether (sulfide) groups is 1. The summed E-state index contributed by atoms with van der Waals surface area (Å²) in [6, 6.07) is 4.83. The number of rotatable bonds is 9. The van der Waals surface area contributed by atoms with Crippen molar-refractivity contribution in [2.24, 2.45) is 4.99 Å². The first-order chi connectivity index (χ1) is 15.8. The van der Waals surface area contributed by atoms with Crippen molar-refractivity contribution in [1.82, 2.24) is 15.1 Å². The summed E-state index contributed by atoms with van der Waals surface area (Å²) in [5.41, 5.74) is 2.39. The molecule has 1 N–H and O–H groups in total. The van der Waals surface area contributed by atoms with Crippen molar-refractivity contribution < 1.29 is 23.8 Å². The van der Waals surface area contributed by atoms with Gasteiger partial charge in [-0.25, -0.2) is 9.79 Å². The van der Waals surface area contributed by atoms with Crippen LogP contribution in [-0.4, -0.2) is 75.4 Å². The molecule has 1 amide bonds. The van der Waals surface area contributed by atoms with Crippen molar-refractivity contribution in [2.75, 3.05) is 48.5 Å². The molecule has 0 saturated carbocycles. The van der Waals surface area contributed by atoms with Gasteiger partial charge in [-0.3, -0.25) is 4.79 Å². The molecule has 10 heteroatoms. The second-order valence-corrected chi connectivity index (χ2v) is 8.66. The molecule has 0 aromatic heterocycles. The Morgan fingerprint density at radius 2 is 1.97 bits per heavy atom. The Kier molecular flexibility index (Phi) is 8.04. The molecule has 1 unspecified atom stereocenters. The zero-order valence-electron chi connectivity index (χ0n) is 19.8. The van der Waals surface area contributed by atoms with E-state index >= 15 is 0 Å². The number of carbonyl (C=O) groups is 2. The van der Waals surface area contributed by atoms with Crippen LogP contribution < -0.4 is 14.8 Å². The van der Waals surface area contributed by atoms with Crippen molar-refractivity contribution in [1.29, 1.82) is 0 Å². The molecule has 1 aromatic carbocycles. The van der Waals surface area contributed by atoms with Gasteiger partial charge in [0.05, 0.1) is 45.1 Å². The van der Waals surface area contributed by atoms with Gasteiger partial charge in [0.2, 0.25) is 5.91 Å². The van der Waals surface area contributed by atoms with Crippen LogP contribution in [0.3, 0.4) is 0 Å². The molecule has 1 aromatic rings. The number of carbonyl (C=O) groups excluding carboxylic acids is 2. The van der Waals surface area contributed by atoms with E-state index in [-0.39, 0.29) is 12.3 Å². The van der Waals surface area contributed by atoms with Crippen molar-refractivity contribution in [3.63, 3.8) is 0 Å². The number of ether oxygens (including phenoxy) is 3. The van der Waals surface area contributed by atoms with Crippen LogP contribution in [0.4, 0.5) is 0 Å². The molecule has 1 atom stereocenters. The SMILES string of the molecule is COC(=O)C1=C(C)N=C2SC=C(CC(=O)NCCN(C)C)N2C1c1cc(OC)ccc1OC. The number of fused-ring (bicyclic) bond motifs is 1. The Labute approximate surface area is 198 Å². The van der Waals surface area contributed by atoms with E-state index < -0.39 is 12.0 Å². The molecule has 2 aliphatic heterocycles. The van der Waals surface area contributed by atoms with Gasteiger partial charge in [0.15, 0.2) is 5.17 Å². The maximum absolute atomic E-state index is 12.9. The summed E-state index contributed by atoms with van der Waals surface area (Å²) in [4.78, 5) is 34.1. The fraction of sp³-hybridized carbons (Fsp3) is 0.435. The molecule has 9 nitrogen and oxygen atoms in total. The average Bonchev–Trinajstić information content (AvgIpc) is 3.18. The van der Waals surface area contributed by atoms with Gasteiger partial charge in [-0.1, -0.05) is 11.8 Å². The maximum Gasteiger partial charge on any atom is 0.338 e. The molecule has 0 fully saturated rings. The van der Waals surface area contributed by atoms with Crippen LogP contribution in [0.25, 0.3) is 0 Å². The molecular weight excluding hydrogens is 444 g/mol. The zero-order valence-corrected chi connectivity index (χ0v) is 20.6. The molecule has 0 saturated heterocycles. The first-order valence-electron chi connectivity index (χ1n) is 10.5. The van der Waals surface area contributed by atoms with Gasteiger partial charge in [0.25, 0.3) is 0 Å². The normalized spacial score (nSPS) is 17.4. The Morgan fingerprint density at radius 1 is 1.21 bits per heavy atom. The van der Waals surface area contributed by atoms with Crippen LogP contribution in [0.15, 0.2) is 45.6 Å². The van der Waals surface area contributed by atoms with E-state index in [1.54, 1.807) is 33.3 Å². The van der Waals surface area contributed by atoms with Crippen LogP contribution in [0.5, 0.6) is 11.5 Å². The van der Waals surface area contributed by atoms with E-state index in [1.165, 1.54) is 18.9 Å². The van der Waals surface area contributed by atoms with Gasteiger partial charge >= 0.3 is 5.97 Å². The number of amides is 1. The second-order valence-electron chi connectivity index (χ2n) is 7.82.